The molecule has 1 heterocycles. The summed E-state index contributed by atoms with van der Waals surface area (Å²) in [4.78, 5) is 29.9. The van der Waals surface area contributed by atoms with Gasteiger partial charge < -0.3 is 15.4 Å². The van der Waals surface area contributed by atoms with Crippen LogP contribution >= 0.6 is 0 Å². The van der Waals surface area contributed by atoms with Gasteiger partial charge in [-0.1, -0.05) is 48.0 Å². The zero-order valence-corrected chi connectivity index (χ0v) is 19.3. The third-order valence-corrected chi connectivity index (χ3v) is 5.16. The van der Waals surface area contributed by atoms with Crippen LogP contribution in [-0.4, -0.2) is 16.8 Å². The molecule has 0 aliphatic carbocycles. The summed E-state index contributed by atoms with van der Waals surface area (Å²) in [6.07, 6.45) is 4.96. The summed E-state index contributed by atoms with van der Waals surface area (Å²) in [6.45, 7) is 2.25. The van der Waals surface area contributed by atoms with Crippen LogP contribution in [0.3, 0.4) is 0 Å². The number of benzene rings is 3. The zero-order chi connectivity index (χ0) is 24.5. The monoisotopic (exact) mass is 463 g/mol. The number of carbonyl (C=O) groups excluding carboxylic acids is 2. The summed E-state index contributed by atoms with van der Waals surface area (Å²) in [7, 11) is 0. The standard InChI is InChI=1S/C29H25N3O3/c1-21-10-12-24(13-11-21)28(33)32-27(29(34)31-20-22-14-16-30-17-15-22)19-23-6-5-9-26(18-23)35-25-7-3-2-4-8-25/h2-19H,20H2,1H3,(H,31,34)(H,32,33)/b27-19+. The van der Waals surface area contributed by atoms with Crippen molar-refractivity contribution in [3.63, 3.8) is 0 Å². The van der Waals surface area contributed by atoms with Crippen molar-refractivity contribution in [1.29, 1.82) is 0 Å². The van der Waals surface area contributed by atoms with Crippen molar-refractivity contribution in [2.45, 2.75) is 13.5 Å². The van der Waals surface area contributed by atoms with E-state index in [4.69, 9.17) is 4.74 Å². The number of hydrogen-bond donors (Lipinski definition) is 2. The lowest BCUT2D eigenvalue weighted by Gasteiger charge is -2.12. The Morgan fingerprint density at radius 2 is 1.57 bits per heavy atom. The number of para-hydroxylation sites is 1. The van der Waals surface area contributed by atoms with E-state index in [9.17, 15) is 9.59 Å². The van der Waals surface area contributed by atoms with Crippen LogP contribution in [0.25, 0.3) is 6.08 Å². The first-order chi connectivity index (χ1) is 17.1. The number of pyridine rings is 1. The number of aromatic nitrogens is 1. The first-order valence-electron chi connectivity index (χ1n) is 11.2. The van der Waals surface area contributed by atoms with Gasteiger partial charge in [0.15, 0.2) is 0 Å². The Hall–Kier alpha value is -4.71. The number of rotatable bonds is 8. The first-order valence-corrected chi connectivity index (χ1v) is 11.2. The van der Waals surface area contributed by atoms with Crippen LogP contribution in [0.5, 0.6) is 11.5 Å². The first kappa shape index (κ1) is 23.4. The van der Waals surface area contributed by atoms with Gasteiger partial charge in [-0.05, 0) is 72.7 Å². The summed E-state index contributed by atoms with van der Waals surface area (Å²) >= 11 is 0. The minimum absolute atomic E-state index is 0.126. The van der Waals surface area contributed by atoms with Crippen LogP contribution in [0.4, 0.5) is 0 Å². The van der Waals surface area contributed by atoms with Crippen LogP contribution in [0, 0.1) is 6.92 Å². The van der Waals surface area contributed by atoms with Gasteiger partial charge in [-0.15, -0.1) is 0 Å². The molecule has 6 heteroatoms. The number of nitrogens with zero attached hydrogens (tertiary/aromatic N) is 1. The number of aryl methyl sites for hydroxylation is 1. The molecular weight excluding hydrogens is 438 g/mol. The van der Waals surface area contributed by atoms with E-state index in [1.807, 2.05) is 79.7 Å². The van der Waals surface area contributed by atoms with Gasteiger partial charge in [-0.2, -0.15) is 0 Å². The van der Waals surface area contributed by atoms with Gasteiger partial charge in [0, 0.05) is 24.5 Å². The van der Waals surface area contributed by atoms with E-state index in [0.717, 1.165) is 11.1 Å². The third kappa shape index (κ3) is 6.88. The molecule has 0 aliphatic heterocycles. The van der Waals surface area contributed by atoms with Gasteiger partial charge >= 0.3 is 0 Å². The lowest BCUT2D eigenvalue weighted by Crippen LogP contribution is -2.34. The Kier molecular flexibility index (Phi) is 7.66. The van der Waals surface area contributed by atoms with Crippen LogP contribution in [0.15, 0.2) is 109 Å². The number of hydrogen-bond acceptors (Lipinski definition) is 4. The summed E-state index contributed by atoms with van der Waals surface area (Å²) in [5.74, 6) is 0.548. The molecule has 0 bridgehead atoms. The maximum absolute atomic E-state index is 13.1. The van der Waals surface area contributed by atoms with Crippen LogP contribution in [-0.2, 0) is 11.3 Å². The molecule has 0 spiro atoms. The molecule has 4 aromatic rings. The van der Waals surface area contributed by atoms with Gasteiger partial charge in [0.25, 0.3) is 11.8 Å². The maximum atomic E-state index is 13.1. The summed E-state index contributed by atoms with van der Waals surface area (Å²) < 4.78 is 5.90. The highest BCUT2D eigenvalue weighted by Crippen LogP contribution is 2.22. The van der Waals surface area contributed by atoms with E-state index in [-0.39, 0.29) is 11.6 Å². The van der Waals surface area contributed by atoms with Gasteiger partial charge in [0.2, 0.25) is 0 Å². The Labute approximate surface area is 204 Å². The SMILES string of the molecule is Cc1ccc(C(=O)N/C(=C/c2cccc(Oc3ccccc3)c2)C(=O)NCc2ccncc2)cc1. The second-order valence-electron chi connectivity index (χ2n) is 7.90. The highest BCUT2D eigenvalue weighted by Gasteiger charge is 2.15. The minimum Gasteiger partial charge on any atom is -0.457 e. The summed E-state index contributed by atoms with van der Waals surface area (Å²) in [5.41, 5.74) is 3.24. The molecule has 4 rings (SSSR count). The molecule has 0 radical (unpaired) electrons. The molecule has 0 aliphatic rings. The highest BCUT2D eigenvalue weighted by atomic mass is 16.5. The maximum Gasteiger partial charge on any atom is 0.268 e. The molecule has 0 fully saturated rings. The van der Waals surface area contributed by atoms with Gasteiger partial charge in [0.1, 0.15) is 17.2 Å². The van der Waals surface area contributed by atoms with E-state index >= 15 is 0 Å². The van der Waals surface area contributed by atoms with E-state index in [1.165, 1.54) is 0 Å². The summed E-state index contributed by atoms with van der Waals surface area (Å²) in [6, 6.07) is 27.5. The van der Waals surface area contributed by atoms with Gasteiger partial charge in [-0.3, -0.25) is 14.6 Å². The average molecular weight is 464 g/mol. The van der Waals surface area contributed by atoms with Crippen LogP contribution in [0.2, 0.25) is 0 Å². The van der Waals surface area contributed by atoms with Gasteiger partial charge in [-0.25, -0.2) is 0 Å². The molecule has 2 amide bonds. The Morgan fingerprint density at radius 1 is 0.857 bits per heavy atom. The van der Waals surface area contributed by atoms with E-state index in [1.54, 1.807) is 36.7 Å². The molecule has 0 saturated carbocycles. The third-order valence-electron chi connectivity index (χ3n) is 5.16. The molecule has 1 aromatic heterocycles. The molecule has 0 unspecified atom stereocenters. The molecule has 174 valence electrons. The van der Waals surface area contributed by atoms with Gasteiger partial charge in [0.05, 0.1) is 0 Å². The number of nitrogens with one attached hydrogen (secondary N) is 2. The largest absolute Gasteiger partial charge is 0.457 e. The Bertz CT molecular complexity index is 1320. The lowest BCUT2D eigenvalue weighted by atomic mass is 10.1. The Balaban J connectivity index is 1.57. The fourth-order valence-corrected chi connectivity index (χ4v) is 3.30. The van der Waals surface area contributed by atoms with E-state index in [0.29, 0.717) is 29.2 Å². The highest BCUT2D eigenvalue weighted by molar-refractivity contribution is 6.05. The Morgan fingerprint density at radius 3 is 2.31 bits per heavy atom. The van der Waals surface area contributed by atoms with E-state index in [2.05, 4.69) is 15.6 Å². The fourth-order valence-electron chi connectivity index (χ4n) is 3.30. The zero-order valence-electron chi connectivity index (χ0n) is 19.3. The lowest BCUT2D eigenvalue weighted by molar-refractivity contribution is -0.117. The fraction of sp³-hybridized carbons (Fsp3) is 0.0690. The normalized spacial score (nSPS) is 10.9. The number of ether oxygens (including phenoxy) is 1. The molecule has 0 atom stereocenters. The smallest absolute Gasteiger partial charge is 0.268 e. The summed E-state index contributed by atoms with van der Waals surface area (Å²) in [5, 5.41) is 5.62. The quantitative estimate of drug-likeness (QED) is 0.349. The van der Waals surface area contributed by atoms with Crippen molar-refractivity contribution in [3.8, 4) is 11.5 Å². The minimum atomic E-state index is -0.406. The molecule has 6 nitrogen and oxygen atoms in total. The molecule has 0 saturated heterocycles. The van der Waals surface area contributed by atoms with Crippen molar-refractivity contribution < 1.29 is 14.3 Å². The van der Waals surface area contributed by atoms with Crippen molar-refractivity contribution in [2.24, 2.45) is 0 Å². The van der Waals surface area contributed by atoms with Crippen LogP contribution < -0.4 is 15.4 Å². The van der Waals surface area contributed by atoms with E-state index < -0.39 is 5.91 Å². The van der Waals surface area contributed by atoms with Crippen molar-refractivity contribution >= 4 is 17.9 Å². The molecule has 2 N–H and O–H groups in total. The molecule has 3 aromatic carbocycles. The van der Waals surface area contributed by atoms with Crippen molar-refractivity contribution in [2.75, 3.05) is 0 Å². The predicted molar refractivity (Wildman–Crippen MR) is 136 cm³/mol. The predicted octanol–water partition coefficient (Wildman–Crippen LogP) is 5.27. The number of amides is 2. The second kappa shape index (κ2) is 11.4. The topological polar surface area (TPSA) is 80.3 Å². The average Bonchev–Trinajstić information content (AvgIpc) is 2.88. The van der Waals surface area contributed by atoms with Crippen molar-refractivity contribution in [3.05, 3.63) is 131 Å². The van der Waals surface area contributed by atoms with Crippen molar-refractivity contribution in [1.82, 2.24) is 15.6 Å². The molecule has 35 heavy (non-hydrogen) atoms. The second-order valence-corrected chi connectivity index (χ2v) is 7.90. The van der Waals surface area contributed by atoms with Crippen LogP contribution in [0.1, 0.15) is 27.0 Å². The molecular formula is C29H25N3O3. The number of carbonyl (C=O) groups is 2.